The van der Waals surface area contributed by atoms with Crippen LogP contribution in [0.1, 0.15) is 11.1 Å². The monoisotopic (exact) mass is 528 g/mol. The SMILES string of the molecule is Cc1ccccc1-c1nc2cc(NC(=O)COc3c(C)cc(Br)cc3Br)ccc2o1. The minimum absolute atomic E-state index is 0.105. The summed E-state index contributed by atoms with van der Waals surface area (Å²) in [7, 11) is 0. The lowest BCUT2D eigenvalue weighted by Gasteiger charge is -2.12. The van der Waals surface area contributed by atoms with Crippen molar-refractivity contribution in [2.75, 3.05) is 11.9 Å². The maximum Gasteiger partial charge on any atom is 0.262 e. The van der Waals surface area contributed by atoms with Gasteiger partial charge in [-0.1, -0.05) is 34.1 Å². The first kappa shape index (κ1) is 20.6. The van der Waals surface area contributed by atoms with E-state index in [1.54, 1.807) is 18.2 Å². The van der Waals surface area contributed by atoms with Gasteiger partial charge < -0.3 is 14.5 Å². The van der Waals surface area contributed by atoms with E-state index in [0.29, 0.717) is 28.4 Å². The Hall–Kier alpha value is -2.64. The van der Waals surface area contributed by atoms with Crippen LogP contribution in [0.15, 0.2) is 68.0 Å². The highest BCUT2D eigenvalue weighted by Gasteiger charge is 2.13. The van der Waals surface area contributed by atoms with Gasteiger partial charge in [-0.05, 0) is 77.3 Å². The number of oxazole rings is 1. The molecule has 7 heteroatoms. The Morgan fingerprint density at radius 1 is 1.07 bits per heavy atom. The fourth-order valence-corrected chi connectivity index (χ4v) is 4.69. The van der Waals surface area contributed by atoms with Crippen LogP contribution >= 0.6 is 31.9 Å². The van der Waals surface area contributed by atoms with Crippen LogP contribution in [-0.2, 0) is 4.79 Å². The van der Waals surface area contributed by atoms with E-state index in [0.717, 1.165) is 25.6 Å². The van der Waals surface area contributed by atoms with Crippen LogP contribution in [0.3, 0.4) is 0 Å². The molecule has 5 nitrogen and oxygen atoms in total. The number of nitrogens with zero attached hydrogens (tertiary/aromatic N) is 1. The second-order valence-electron chi connectivity index (χ2n) is 6.89. The highest BCUT2D eigenvalue weighted by molar-refractivity contribution is 9.11. The van der Waals surface area contributed by atoms with Crippen molar-refractivity contribution in [2.24, 2.45) is 0 Å². The molecule has 0 saturated carbocycles. The fraction of sp³-hybridized carbons (Fsp3) is 0.130. The van der Waals surface area contributed by atoms with E-state index in [-0.39, 0.29) is 12.5 Å². The van der Waals surface area contributed by atoms with Crippen molar-refractivity contribution in [3.63, 3.8) is 0 Å². The zero-order chi connectivity index (χ0) is 21.3. The Bertz CT molecular complexity index is 1230. The maximum absolute atomic E-state index is 12.4. The van der Waals surface area contributed by atoms with Gasteiger partial charge in [-0.15, -0.1) is 0 Å². The van der Waals surface area contributed by atoms with E-state index >= 15 is 0 Å². The molecule has 1 aromatic heterocycles. The quantitative estimate of drug-likeness (QED) is 0.314. The molecule has 3 aromatic carbocycles. The average Bonchev–Trinajstić information content (AvgIpc) is 3.10. The molecule has 0 spiro atoms. The van der Waals surface area contributed by atoms with Crippen molar-refractivity contribution in [1.29, 1.82) is 0 Å². The van der Waals surface area contributed by atoms with Crippen molar-refractivity contribution in [1.82, 2.24) is 4.98 Å². The Kier molecular flexibility index (Phi) is 5.92. The Morgan fingerprint density at radius 3 is 2.63 bits per heavy atom. The lowest BCUT2D eigenvalue weighted by Crippen LogP contribution is -2.20. The molecule has 0 aliphatic carbocycles. The number of halogens is 2. The number of fused-ring (bicyclic) bond motifs is 1. The van der Waals surface area contributed by atoms with Gasteiger partial charge in [0.25, 0.3) is 5.91 Å². The number of aryl methyl sites for hydroxylation is 2. The van der Waals surface area contributed by atoms with Crippen molar-refractivity contribution in [3.8, 4) is 17.2 Å². The predicted octanol–water partition coefficient (Wildman–Crippen LogP) is 6.65. The van der Waals surface area contributed by atoms with Gasteiger partial charge in [0, 0.05) is 15.7 Å². The summed E-state index contributed by atoms with van der Waals surface area (Å²) in [5, 5.41) is 2.84. The molecule has 0 unspecified atom stereocenters. The summed E-state index contributed by atoms with van der Waals surface area (Å²) in [6.45, 7) is 3.83. The largest absolute Gasteiger partial charge is 0.482 e. The highest BCUT2D eigenvalue weighted by Crippen LogP contribution is 2.32. The molecular formula is C23H18Br2N2O3. The molecule has 0 atom stereocenters. The molecule has 4 aromatic rings. The fourth-order valence-electron chi connectivity index (χ4n) is 3.14. The average molecular weight is 530 g/mol. The third kappa shape index (κ3) is 4.42. The molecule has 1 amide bonds. The van der Waals surface area contributed by atoms with Crippen LogP contribution < -0.4 is 10.1 Å². The van der Waals surface area contributed by atoms with E-state index in [4.69, 9.17) is 9.15 Å². The number of amides is 1. The molecule has 0 fully saturated rings. The standard InChI is InChI=1S/C23H18Br2N2O3/c1-13-5-3-4-6-17(13)23-27-19-11-16(7-8-20(19)30-23)26-21(28)12-29-22-14(2)9-15(24)10-18(22)25/h3-11H,12H2,1-2H3,(H,26,28). The minimum Gasteiger partial charge on any atom is -0.482 e. The summed E-state index contributed by atoms with van der Waals surface area (Å²) in [6.07, 6.45) is 0. The van der Waals surface area contributed by atoms with E-state index in [2.05, 4.69) is 42.2 Å². The summed E-state index contributed by atoms with van der Waals surface area (Å²) in [4.78, 5) is 17.0. The predicted molar refractivity (Wildman–Crippen MR) is 125 cm³/mol. The van der Waals surface area contributed by atoms with Crippen LogP contribution in [0, 0.1) is 13.8 Å². The molecular weight excluding hydrogens is 512 g/mol. The molecule has 0 radical (unpaired) electrons. The Morgan fingerprint density at radius 2 is 1.87 bits per heavy atom. The van der Waals surface area contributed by atoms with E-state index in [1.165, 1.54) is 0 Å². The molecule has 0 aliphatic rings. The number of aromatic nitrogens is 1. The number of nitrogens with one attached hydrogen (secondary N) is 1. The summed E-state index contributed by atoms with van der Waals surface area (Å²) < 4.78 is 13.3. The highest BCUT2D eigenvalue weighted by atomic mass is 79.9. The van der Waals surface area contributed by atoms with Crippen LogP contribution in [0.25, 0.3) is 22.6 Å². The number of rotatable bonds is 5. The maximum atomic E-state index is 12.4. The van der Waals surface area contributed by atoms with E-state index in [9.17, 15) is 4.79 Å². The summed E-state index contributed by atoms with van der Waals surface area (Å²) >= 11 is 6.90. The number of anilines is 1. The zero-order valence-corrected chi connectivity index (χ0v) is 19.5. The molecule has 0 saturated heterocycles. The number of carbonyl (C=O) groups is 1. The number of hydrogen-bond donors (Lipinski definition) is 1. The molecule has 1 N–H and O–H groups in total. The topological polar surface area (TPSA) is 64.4 Å². The molecule has 1 heterocycles. The van der Waals surface area contributed by atoms with Crippen LogP contribution in [0.2, 0.25) is 0 Å². The molecule has 30 heavy (non-hydrogen) atoms. The first-order valence-electron chi connectivity index (χ1n) is 9.25. The third-order valence-corrected chi connectivity index (χ3v) is 5.64. The van der Waals surface area contributed by atoms with Crippen molar-refractivity contribution in [3.05, 3.63) is 74.7 Å². The van der Waals surface area contributed by atoms with Gasteiger partial charge in [-0.3, -0.25) is 4.79 Å². The van der Waals surface area contributed by atoms with Crippen molar-refractivity contribution in [2.45, 2.75) is 13.8 Å². The molecule has 0 bridgehead atoms. The second-order valence-corrected chi connectivity index (χ2v) is 8.66. The van der Waals surface area contributed by atoms with Crippen LogP contribution in [0.4, 0.5) is 5.69 Å². The first-order valence-corrected chi connectivity index (χ1v) is 10.8. The van der Waals surface area contributed by atoms with Gasteiger partial charge >= 0.3 is 0 Å². The van der Waals surface area contributed by atoms with Crippen molar-refractivity contribution < 1.29 is 13.9 Å². The number of hydrogen-bond acceptors (Lipinski definition) is 4. The van der Waals surface area contributed by atoms with Gasteiger partial charge in [0.05, 0.1) is 4.47 Å². The van der Waals surface area contributed by atoms with Crippen LogP contribution in [-0.4, -0.2) is 17.5 Å². The zero-order valence-electron chi connectivity index (χ0n) is 16.3. The van der Waals surface area contributed by atoms with Gasteiger partial charge in [0.15, 0.2) is 12.2 Å². The minimum atomic E-state index is -0.258. The van der Waals surface area contributed by atoms with Gasteiger partial charge in [0.2, 0.25) is 5.89 Å². The second kappa shape index (κ2) is 8.62. The summed E-state index contributed by atoms with van der Waals surface area (Å²) in [6, 6.07) is 17.1. The van der Waals surface area contributed by atoms with Crippen LogP contribution in [0.5, 0.6) is 5.75 Å². The van der Waals surface area contributed by atoms with Gasteiger partial charge in [-0.25, -0.2) is 4.98 Å². The molecule has 0 aliphatic heterocycles. The number of carbonyl (C=O) groups excluding carboxylic acids is 1. The lowest BCUT2D eigenvalue weighted by molar-refractivity contribution is -0.118. The molecule has 152 valence electrons. The number of benzene rings is 3. The summed E-state index contributed by atoms with van der Waals surface area (Å²) in [5.74, 6) is 0.944. The lowest BCUT2D eigenvalue weighted by atomic mass is 10.1. The van der Waals surface area contributed by atoms with Gasteiger partial charge in [-0.2, -0.15) is 0 Å². The van der Waals surface area contributed by atoms with E-state index in [1.807, 2.05) is 50.2 Å². The first-order chi connectivity index (χ1) is 14.4. The third-order valence-electron chi connectivity index (χ3n) is 4.59. The molecule has 4 rings (SSSR count). The van der Waals surface area contributed by atoms with Crippen molar-refractivity contribution >= 4 is 54.6 Å². The Labute approximate surface area is 190 Å². The Balaban J connectivity index is 1.47. The smallest absolute Gasteiger partial charge is 0.262 e. The van der Waals surface area contributed by atoms with E-state index < -0.39 is 0 Å². The summed E-state index contributed by atoms with van der Waals surface area (Å²) in [5.41, 5.74) is 4.94. The number of ether oxygens (including phenoxy) is 1. The normalized spacial score (nSPS) is 10.9. The van der Waals surface area contributed by atoms with Gasteiger partial charge in [0.1, 0.15) is 11.3 Å².